The third-order valence-corrected chi connectivity index (χ3v) is 2.28. The van der Waals surface area contributed by atoms with Crippen molar-refractivity contribution < 1.29 is 4.74 Å². The standard InChI is InChI=1S/C12H28N2O/c1-5-13-8-6-9-14(4)10-7-11-15-12(2)3/h12-13H,5-11H2,1-4H3. The van der Waals surface area contributed by atoms with Crippen LogP contribution in [-0.4, -0.2) is 50.8 Å². The van der Waals surface area contributed by atoms with Crippen LogP contribution in [0.5, 0.6) is 0 Å². The van der Waals surface area contributed by atoms with Crippen LogP contribution in [0.3, 0.4) is 0 Å². The molecular formula is C12H28N2O. The molecule has 0 radical (unpaired) electrons. The minimum absolute atomic E-state index is 0.365. The highest BCUT2D eigenvalue weighted by Crippen LogP contribution is 1.93. The van der Waals surface area contributed by atoms with Gasteiger partial charge in [0.15, 0.2) is 0 Å². The fraction of sp³-hybridized carbons (Fsp3) is 1.00. The van der Waals surface area contributed by atoms with E-state index < -0.39 is 0 Å². The molecule has 0 aliphatic heterocycles. The largest absolute Gasteiger partial charge is 0.379 e. The Morgan fingerprint density at radius 3 is 2.47 bits per heavy atom. The molecule has 0 rings (SSSR count). The Morgan fingerprint density at radius 1 is 1.20 bits per heavy atom. The Balaban J connectivity index is 3.15. The first kappa shape index (κ1) is 14.9. The van der Waals surface area contributed by atoms with Gasteiger partial charge < -0.3 is 15.0 Å². The summed E-state index contributed by atoms with van der Waals surface area (Å²) in [6.45, 7) is 11.7. The van der Waals surface area contributed by atoms with Crippen LogP contribution in [0.2, 0.25) is 0 Å². The van der Waals surface area contributed by atoms with Crippen LogP contribution in [0.4, 0.5) is 0 Å². The lowest BCUT2D eigenvalue weighted by Gasteiger charge is -2.16. The third-order valence-electron chi connectivity index (χ3n) is 2.28. The molecule has 0 spiro atoms. The Labute approximate surface area is 95.2 Å². The van der Waals surface area contributed by atoms with E-state index >= 15 is 0 Å². The Kier molecular flexibility index (Phi) is 10.3. The zero-order valence-electron chi connectivity index (χ0n) is 10.9. The summed E-state index contributed by atoms with van der Waals surface area (Å²) < 4.78 is 5.50. The zero-order valence-corrected chi connectivity index (χ0v) is 10.9. The summed E-state index contributed by atoms with van der Waals surface area (Å²) in [6.07, 6.45) is 2.73. The highest BCUT2D eigenvalue weighted by atomic mass is 16.5. The van der Waals surface area contributed by atoms with E-state index in [1.807, 2.05) is 0 Å². The molecule has 3 nitrogen and oxygen atoms in total. The lowest BCUT2D eigenvalue weighted by atomic mass is 10.3. The van der Waals surface area contributed by atoms with Crippen molar-refractivity contribution in [3.8, 4) is 0 Å². The second-order valence-corrected chi connectivity index (χ2v) is 4.28. The molecule has 0 aromatic rings. The highest BCUT2D eigenvalue weighted by Gasteiger charge is 1.98. The van der Waals surface area contributed by atoms with Crippen molar-refractivity contribution in [3.63, 3.8) is 0 Å². The molecule has 0 heterocycles. The Morgan fingerprint density at radius 2 is 1.87 bits per heavy atom. The molecule has 0 aliphatic carbocycles. The molecule has 0 aromatic heterocycles. The van der Waals surface area contributed by atoms with Gasteiger partial charge in [0.05, 0.1) is 6.10 Å². The van der Waals surface area contributed by atoms with Gasteiger partial charge in [-0.05, 0) is 53.4 Å². The van der Waals surface area contributed by atoms with Crippen molar-refractivity contribution >= 4 is 0 Å². The van der Waals surface area contributed by atoms with Crippen LogP contribution in [0, 0.1) is 0 Å². The van der Waals surface area contributed by atoms with Gasteiger partial charge in [-0.15, -0.1) is 0 Å². The Bertz CT molecular complexity index is 129. The summed E-state index contributed by atoms with van der Waals surface area (Å²) in [5.74, 6) is 0. The number of hydrogen-bond acceptors (Lipinski definition) is 3. The summed E-state index contributed by atoms with van der Waals surface area (Å²) in [5, 5.41) is 3.33. The van der Waals surface area contributed by atoms with Gasteiger partial charge in [0.25, 0.3) is 0 Å². The van der Waals surface area contributed by atoms with E-state index in [1.54, 1.807) is 0 Å². The minimum Gasteiger partial charge on any atom is -0.379 e. The minimum atomic E-state index is 0.365. The summed E-state index contributed by atoms with van der Waals surface area (Å²) in [6, 6.07) is 0. The van der Waals surface area contributed by atoms with E-state index in [-0.39, 0.29) is 0 Å². The van der Waals surface area contributed by atoms with Crippen molar-refractivity contribution in [2.45, 2.75) is 39.7 Å². The molecule has 0 fully saturated rings. The Hall–Kier alpha value is -0.120. The van der Waals surface area contributed by atoms with Crippen LogP contribution in [0.1, 0.15) is 33.6 Å². The smallest absolute Gasteiger partial charge is 0.0518 e. The van der Waals surface area contributed by atoms with E-state index in [9.17, 15) is 0 Å². The van der Waals surface area contributed by atoms with E-state index in [0.29, 0.717) is 6.10 Å². The lowest BCUT2D eigenvalue weighted by molar-refractivity contribution is 0.0721. The summed E-state index contributed by atoms with van der Waals surface area (Å²) >= 11 is 0. The molecule has 0 atom stereocenters. The number of rotatable bonds is 10. The fourth-order valence-electron chi connectivity index (χ4n) is 1.42. The molecule has 92 valence electrons. The van der Waals surface area contributed by atoms with Gasteiger partial charge in [-0.1, -0.05) is 6.92 Å². The average molecular weight is 216 g/mol. The monoisotopic (exact) mass is 216 g/mol. The van der Waals surface area contributed by atoms with Crippen LogP contribution < -0.4 is 5.32 Å². The normalized spacial score (nSPS) is 11.6. The van der Waals surface area contributed by atoms with Crippen molar-refractivity contribution in [1.82, 2.24) is 10.2 Å². The van der Waals surface area contributed by atoms with Gasteiger partial charge >= 0.3 is 0 Å². The highest BCUT2D eigenvalue weighted by molar-refractivity contribution is 4.54. The number of nitrogens with zero attached hydrogens (tertiary/aromatic N) is 1. The maximum Gasteiger partial charge on any atom is 0.0518 e. The van der Waals surface area contributed by atoms with E-state index in [2.05, 4.69) is 38.0 Å². The first-order valence-corrected chi connectivity index (χ1v) is 6.17. The molecule has 0 bridgehead atoms. The average Bonchev–Trinajstić information content (AvgIpc) is 2.19. The molecule has 1 N–H and O–H groups in total. The first-order valence-electron chi connectivity index (χ1n) is 6.17. The zero-order chi connectivity index (χ0) is 11.5. The topological polar surface area (TPSA) is 24.5 Å². The molecular weight excluding hydrogens is 188 g/mol. The second-order valence-electron chi connectivity index (χ2n) is 4.28. The molecule has 0 saturated carbocycles. The lowest BCUT2D eigenvalue weighted by Crippen LogP contribution is -2.25. The second kappa shape index (κ2) is 10.4. The van der Waals surface area contributed by atoms with Crippen molar-refractivity contribution in [2.24, 2.45) is 0 Å². The summed E-state index contributed by atoms with van der Waals surface area (Å²) in [4.78, 5) is 2.38. The maximum atomic E-state index is 5.50. The van der Waals surface area contributed by atoms with Crippen LogP contribution >= 0.6 is 0 Å². The summed E-state index contributed by atoms with van der Waals surface area (Å²) in [5.41, 5.74) is 0. The fourth-order valence-corrected chi connectivity index (χ4v) is 1.42. The van der Waals surface area contributed by atoms with Crippen molar-refractivity contribution in [1.29, 1.82) is 0 Å². The number of nitrogens with one attached hydrogen (secondary N) is 1. The van der Waals surface area contributed by atoms with E-state index in [0.717, 1.165) is 32.7 Å². The van der Waals surface area contributed by atoms with Gasteiger partial charge in [-0.25, -0.2) is 0 Å². The van der Waals surface area contributed by atoms with Gasteiger partial charge in [0.1, 0.15) is 0 Å². The van der Waals surface area contributed by atoms with Gasteiger partial charge in [-0.3, -0.25) is 0 Å². The van der Waals surface area contributed by atoms with E-state index in [1.165, 1.54) is 13.0 Å². The van der Waals surface area contributed by atoms with Gasteiger partial charge in [0, 0.05) is 13.2 Å². The SMILES string of the molecule is CCNCCCN(C)CCCOC(C)C. The van der Waals surface area contributed by atoms with E-state index in [4.69, 9.17) is 4.74 Å². The summed E-state index contributed by atoms with van der Waals surface area (Å²) in [7, 11) is 2.18. The van der Waals surface area contributed by atoms with Gasteiger partial charge in [-0.2, -0.15) is 0 Å². The quantitative estimate of drug-likeness (QED) is 0.563. The molecule has 3 heteroatoms. The number of ether oxygens (including phenoxy) is 1. The third kappa shape index (κ3) is 11.8. The maximum absolute atomic E-state index is 5.50. The molecule has 0 unspecified atom stereocenters. The van der Waals surface area contributed by atoms with Crippen LogP contribution in [0.25, 0.3) is 0 Å². The van der Waals surface area contributed by atoms with Crippen LogP contribution in [0.15, 0.2) is 0 Å². The molecule has 0 amide bonds. The molecule has 0 aromatic carbocycles. The molecule has 0 aliphatic rings. The van der Waals surface area contributed by atoms with Crippen LogP contribution in [-0.2, 0) is 4.74 Å². The first-order chi connectivity index (χ1) is 7.16. The predicted molar refractivity (Wildman–Crippen MR) is 66.4 cm³/mol. The molecule has 15 heavy (non-hydrogen) atoms. The molecule has 0 saturated heterocycles. The van der Waals surface area contributed by atoms with Gasteiger partial charge in [0.2, 0.25) is 0 Å². The number of hydrogen-bond donors (Lipinski definition) is 1. The van der Waals surface area contributed by atoms with Crippen molar-refractivity contribution in [2.75, 3.05) is 39.8 Å². The van der Waals surface area contributed by atoms with Crippen molar-refractivity contribution in [3.05, 3.63) is 0 Å². The predicted octanol–water partition coefficient (Wildman–Crippen LogP) is 1.73.